The fraction of sp³-hybridized carbons (Fsp3) is 0.870. The first-order valence-electron chi connectivity index (χ1n) is 12.1. The maximum absolute atomic E-state index is 13.8. The van der Waals surface area contributed by atoms with E-state index in [1.165, 1.54) is 0 Å². The van der Waals surface area contributed by atoms with Gasteiger partial charge in [-0.1, -0.05) is 0 Å². The van der Waals surface area contributed by atoms with E-state index in [4.69, 9.17) is 16.3 Å². The fourth-order valence-corrected chi connectivity index (χ4v) is 6.17. The summed E-state index contributed by atoms with van der Waals surface area (Å²) in [7, 11) is 0. The van der Waals surface area contributed by atoms with Crippen molar-refractivity contribution in [3.8, 4) is 6.07 Å². The maximum Gasteiger partial charge on any atom is 0.246 e. The van der Waals surface area contributed by atoms with Gasteiger partial charge < -0.3 is 25.8 Å². The molecule has 5 aliphatic rings. The van der Waals surface area contributed by atoms with Crippen LogP contribution in [0, 0.1) is 17.2 Å². The summed E-state index contributed by atoms with van der Waals surface area (Å²) < 4.78 is 19.4. The number of amides is 2. The molecule has 0 spiro atoms. The number of rotatable bonds is 6. The highest BCUT2D eigenvalue weighted by Gasteiger charge is 2.55. The molecule has 184 valence electrons. The second-order valence-corrected chi connectivity index (χ2v) is 10.9. The molecule has 10 heteroatoms. The molecular formula is C23H34ClFN4O4. The molecule has 4 aliphatic carbocycles. The van der Waals surface area contributed by atoms with Crippen LogP contribution in [0.15, 0.2) is 0 Å². The van der Waals surface area contributed by atoms with E-state index in [2.05, 4.69) is 22.0 Å². The minimum absolute atomic E-state index is 0.117. The van der Waals surface area contributed by atoms with Gasteiger partial charge in [0.2, 0.25) is 11.8 Å². The Labute approximate surface area is 198 Å². The van der Waals surface area contributed by atoms with Gasteiger partial charge in [-0.3, -0.25) is 9.59 Å². The van der Waals surface area contributed by atoms with Gasteiger partial charge in [0, 0.05) is 17.9 Å². The molecule has 5 fully saturated rings. The number of fused-ring (bicyclic) bond motifs is 3. The zero-order chi connectivity index (χ0) is 23.6. The van der Waals surface area contributed by atoms with Gasteiger partial charge in [-0.25, -0.2) is 4.39 Å². The minimum atomic E-state index is -1.12. The van der Waals surface area contributed by atoms with Gasteiger partial charge in [0.25, 0.3) is 0 Å². The number of halogens is 2. The molecule has 6 unspecified atom stereocenters. The first-order valence-corrected chi connectivity index (χ1v) is 12.5. The van der Waals surface area contributed by atoms with Crippen LogP contribution in [-0.4, -0.2) is 70.9 Å². The lowest BCUT2D eigenvalue weighted by Gasteiger charge is -2.56. The average Bonchev–Trinajstić information content (AvgIpc) is 2.81. The first kappa shape index (κ1) is 24.6. The predicted molar refractivity (Wildman–Crippen MR) is 119 cm³/mol. The summed E-state index contributed by atoms with van der Waals surface area (Å²) in [5.74, 6) is -0.551. The number of carbonyl (C=O) groups excluding carboxylic acids is 2. The number of piperidine rings is 1. The summed E-state index contributed by atoms with van der Waals surface area (Å²) in [6.45, 7) is 0.469. The summed E-state index contributed by atoms with van der Waals surface area (Å²) in [6.07, 6.45) is 3.19. The third-order valence-electron chi connectivity index (χ3n) is 8.10. The molecule has 0 aromatic rings. The zero-order valence-electron chi connectivity index (χ0n) is 18.8. The lowest BCUT2D eigenvalue weighted by molar-refractivity contribution is -0.140. The Morgan fingerprint density at radius 2 is 1.94 bits per heavy atom. The topological polar surface area (TPSA) is 123 Å². The van der Waals surface area contributed by atoms with E-state index in [0.717, 1.165) is 6.42 Å². The van der Waals surface area contributed by atoms with Crippen LogP contribution in [0.25, 0.3) is 0 Å². The van der Waals surface area contributed by atoms with Crippen molar-refractivity contribution in [1.29, 1.82) is 5.26 Å². The SMILES string of the molecule is N#CC1CCNC(C(=O)NC23CCC(NC(=O)COC4CCC(Cl)C(F)C4)(CC2)C(O)C3)C1. The van der Waals surface area contributed by atoms with Gasteiger partial charge >= 0.3 is 0 Å². The Bertz CT molecular complexity index is 785. The van der Waals surface area contributed by atoms with Crippen molar-refractivity contribution in [1.82, 2.24) is 16.0 Å². The highest BCUT2D eigenvalue weighted by Crippen LogP contribution is 2.47. The molecule has 0 radical (unpaired) electrons. The number of aliphatic hydroxyl groups excluding tert-OH is 1. The van der Waals surface area contributed by atoms with Crippen LogP contribution in [0.3, 0.4) is 0 Å². The molecule has 0 aromatic heterocycles. The predicted octanol–water partition coefficient (Wildman–Crippen LogP) is 1.44. The molecule has 1 saturated heterocycles. The van der Waals surface area contributed by atoms with E-state index in [1.807, 2.05) is 0 Å². The van der Waals surface area contributed by atoms with Crippen molar-refractivity contribution in [3.63, 3.8) is 0 Å². The van der Waals surface area contributed by atoms with E-state index in [9.17, 15) is 24.3 Å². The molecule has 4 saturated carbocycles. The first-order chi connectivity index (χ1) is 15.7. The molecule has 2 bridgehead atoms. The minimum Gasteiger partial charge on any atom is -0.391 e. The second-order valence-electron chi connectivity index (χ2n) is 10.3. The third kappa shape index (κ3) is 5.45. The molecule has 0 aromatic carbocycles. The van der Waals surface area contributed by atoms with E-state index >= 15 is 0 Å². The van der Waals surface area contributed by atoms with Gasteiger partial charge in [-0.15, -0.1) is 11.6 Å². The van der Waals surface area contributed by atoms with Crippen LogP contribution in [0.2, 0.25) is 0 Å². The van der Waals surface area contributed by atoms with Gasteiger partial charge in [-0.05, 0) is 64.3 Å². The summed E-state index contributed by atoms with van der Waals surface area (Å²) >= 11 is 5.90. The van der Waals surface area contributed by atoms with Gasteiger partial charge in [0.1, 0.15) is 12.8 Å². The quantitative estimate of drug-likeness (QED) is 0.423. The highest BCUT2D eigenvalue weighted by molar-refractivity contribution is 6.21. The molecule has 33 heavy (non-hydrogen) atoms. The van der Waals surface area contributed by atoms with Gasteiger partial charge in [0.15, 0.2) is 0 Å². The summed E-state index contributed by atoms with van der Waals surface area (Å²) in [6, 6.07) is 1.86. The van der Waals surface area contributed by atoms with Crippen LogP contribution >= 0.6 is 11.6 Å². The van der Waals surface area contributed by atoms with E-state index in [0.29, 0.717) is 57.9 Å². The van der Waals surface area contributed by atoms with Crippen LogP contribution < -0.4 is 16.0 Å². The van der Waals surface area contributed by atoms with Crippen LogP contribution in [0.1, 0.15) is 64.2 Å². The number of carbonyl (C=O) groups is 2. The lowest BCUT2D eigenvalue weighted by atomic mass is 9.59. The van der Waals surface area contributed by atoms with Crippen molar-refractivity contribution in [2.45, 2.75) is 105 Å². The molecular weight excluding hydrogens is 451 g/mol. The fourth-order valence-electron chi connectivity index (χ4n) is 5.95. The molecule has 1 aliphatic heterocycles. The zero-order valence-corrected chi connectivity index (χ0v) is 19.6. The molecule has 4 N–H and O–H groups in total. The Morgan fingerprint density at radius 1 is 1.18 bits per heavy atom. The molecule has 1 heterocycles. The number of nitrogens with zero attached hydrogens (tertiary/aromatic N) is 1. The van der Waals surface area contributed by atoms with E-state index in [-0.39, 0.29) is 36.9 Å². The summed E-state index contributed by atoms with van der Waals surface area (Å²) in [5, 5.41) is 28.9. The number of nitriles is 1. The number of nitrogens with one attached hydrogen (secondary N) is 3. The largest absolute Gasteiger partial charge is 0.391 e. The molecule has 8 nitrogen and oxygen atoms in total. The average molecular weight is 485 g/mol. The summed E-state index contributed by atoms with van der Waals surface area (Å²) in [4.78, 5) is 25.4. The lowest BCUT2D eigenvalue weighted by Crippen LogP contribution is -2.71. The van der Waals surface area contributed by atoms with Crippen molar-refractivity contribution >= 4 is 23.4 Å². The van der Waals surface area contributed by atoms with E-state index in [1.54, 1.807) is 0 Å². The van der Waals surface area contributed by atoms with E-state index < -0.39 is 34.8 Å². The smallest absolute Gasteiger partial charge is 0.246 e. The molecule has 2 amide bonds. The monoisotopic (exact) mass is 484 g/mol. The number of alkyl halides is 2. The normalized spacial score (nSPS) is 42.8. The Hall–Kier alpha value is -1.47. The molecule has 6 atom stereocenters. The number of hydrogen-bond acceptors (Lipinski definition) is 6. The molecule has 5 rings (SSSR count). The van der Waals surface area contributed by atoms with Crippen LogP contribution in [-0.2, 0) is 14.3 Å². The maximum atomic E-state index is 13.8. The van der Waals surface area contributed by atoms with Crippen molar-refractivity contribution in [2.24, 2.45) is 5.92 Å². The van der Waals surface area contributed by atoms with Gasteiger partial charge in [-0.2, -0.15) is 5.26 Å². The Balaban J connectivity index is 1.27. The standard InChI is InChI=1S/C23H34ClFN4O4/c24-16-2-1-15(10-17(16)25)33-13-20(31)28-23-6-4-22(5-7-23,11-19(23)30)29-21(32)18-9-14(12-26)3-8-27-18/h14-19,27,30H,1-11,13H2,(H,28,31)(H,29,32). The highest BCUT2D eigenvalue weighted by atomic mass is 35.5. The van der Waals surface area contributed by atoms with Crippen molar-refractivity contribution in [2.75, 3.05) is 13.2 Å². The third-order valence-corrected chi connectivity index (χ3v) is 8.59. The number of hydrogen-bond donors (Lipinski definition) is 4. The number of ether oxygens (including phenoxy) is 1. The van der Waals surface area contributed by atoms with Crippen LogP contribution in [0.5, 0.6) is 0 Å². The number of aliphatic hydroxyl groups is 1. The van der Waals surface area contributed by atoms with Crippen molar-refractivity contribution in [3.05, 3.63) is 0 Å². The Morgan fingerprint density at radius 3 is 2.61 bits per heavy atom. The van der Waals surface area contributed by atoms with Crippen LogP contribution in [0.4, 0.5) is 4.39 Å². The van der Waals surface area contributed by atoms with Gasteiger partial charge in [0.05, 0.1) is 35.2 Å². The second kappa shape index (κ2) is 10.0. The summed E-state index contributed by atoms with van der Waals surface area (Å²) in [5.41, 5.74) is -1.21. The van der Waals surface area contributed by atoms with Crippen molar-refractivity contribution < 1.29 is 23.8 Å². The Kier molecular flexibility index (Phi) is 7.49.